The van der Waals surface area contributed by atoms with Gasteiger partial charge in [0.2, 0.25) is 0 Å². The number of unbranched alkanes of at least 4 members (excludes halogenated alkanes) is 2. The minimum absolute atomic E-state index is 0. The average molecular weight is 861 g/mol. The fourth-order valence-corrected chi connectivity index (χ4v) is 8.82. The van der Waals surface area contributed by atoms with E-state index in [4.69, 9.17) is 0 Å². The van der Waals surface area contributed by atoms with Crippen LogP contribution in [0.2, 0.25) is 0 Å². The van der Waals surface area contributed by atoms with E-state index in [9.17, 15) is 44.2 Å². The molecule has 2 atom stereocenters. The van der Waals surface area contributed by atoms with E-state index in [1.807, 2.05) is 49.1 Å². The zero-order chi connectivity index (χ0) is 36.4. The summed E-state index contributed by atoms with van der Waals surface area (Å²) in [4.78, 5) is 3.23. The number of hydrogen-bond donors (Lipinski definition) is 1. The summed E-state index contributed by atoms with van der Waals surface area (Å²) in [7, 11) is -13.5. The van der Waals surface area contributed by atoms with Crippen molar-refractivity contribution in [1.82, 2.24) is 0 Å². The van der Waals surface area contributed by atoms with Gasteiger partial charge in [0.15, 0.2) is 0 Å². The monoisotopic (exact) mass is 860 g/mol. The van der Waals surface area contributed by atoms with Gasteiger partial charge in [0.1, 0.15) is 21.8 Å². The fourth-order valence-electron chi connectivity index (χ4n) is 6.81. The molecule has 0 saturated heterocycles. The second-order valence-corrected chi connectivity index (χ2v) is 18.4. The van der Waals surface area contributed by atoms with Gasteiger partial charge in [0, 0.05) is 51.4 Å². The van der Waals surface area contributed by atoms with Crippen molar-refractivity contribution in [2.75, 3.05) is 29.5 Å². The molecule has 0 aromatic heterocycles. The fraction of sp³-hybridized carbons (Fsp3) is 0.484. The Morgan fingerprint density at radius 1 is 0.865 bits per heavy atom. The van der Waals surface area contributed by atoms with Gasteiger partial charge in [0.05, 0.1) is 49.1 Å². The Bertz CT molecular complexity index is 1940. The quantitative estimate of drug-likeness (QED) is 0.0414. The summed E-state index contributed by atoms with van der Waals surface area (Å²) in [5.41, 5.74) is 2.69. The van der Waals surface area contributed by atoms with Crippen LogP contribution in [0.4, 0.5) is 11.4 Å². The van der Waals surface area contributed by atoms with Crippen molar-refractivity contribution in [3.63, 3.8) is 0 Å². The van der Waals surface area contributed by atoms with Gasteiger partial charge in [-0.05, 0) is 87.6 Å². The molecular weight excluding hydrogens is 822 g/mol. The van der Waals surface area contributed by atoms with Crippen molar-refractivity contribution >= 4 is 53.8 Å². The summed E-state index contributed by atoms with van der Waals surface area (Å²) in [6.07, 6.45) is 6.92. The maximum atomic E-state index is 11.9. The molecule has 2 aliphatic rings. The van der Waals surface area contributed by atoms with E-state index in [1.165, 1.54) is 12.1 Å². The third kappa shape index (κ3) is 13.5. The molecule has 1 N–H and O–H groups in total. The summed E-state index contributed by atoms with van der Waals surface area (Å²) in [5.74, 6) is -0.983. The summed E-state index contributed by atoms with van der Waals surface area (Å²) < 4.78 is 107. The predicted molar refractivity (Wildman–Crippen MR) is 176 cm³/mol. The molecule has 2 aliphatic heterocycles. The van der Waals surface area contributed by atoms with E-state index >= 15 is 0 Å². The molecule has 0 spiro atoms. The van der Waals surface area contributed by atoms with Gasteiger partial charge < -0.3 is 23.8 Å². The molecule has 0 saturated carbocycles. The van der Waals surface area contributed by atoms with Gasteiger partial charge in [0.25, 0.3) is 0 Å². The number of rotatable bonds is 16. The van der Waals surface area contributed by atoms with Crippen molar-refractivity contribution in [3.05, 3.63) is 71.5 Å². The zero-order valence-electron chi connectivity index (χ0n) is 30.4. The molecule has 0 fully saturated rings. The van der Waals surface area contributed by atoms with Crippen molar-refractivity contribution in [1.29, 1.82) is 0 Å². The summed E-state index contributed by atoms with van der Waals surface area (Å²) in [5, 5.41) is 13.9. The van der Waals surface area contributed by atoms with Crippen LogP contribution < -0.4 is 147 Å². The SMILES string of the molecule is CC1(C)C(=CC=CC2[NH+](CCCCS(=O)(=O)[O-])c3ccc(SOO[O-])cc3C2(C)C)N(CCCCS(=O)(=O)[O-])c2ccc(S(=O)(=O)[O-])cc21.[K+].[K+].[Na+]. The first-order valence-corrected chi connectivity index (χ1v) is 20.7. The molecule has 0 aliphatic carbocycles. The molecule has 0 bridgehead atoms. The van der Waals surface area contributed by atoms with Gasteiger partial charge in [-0.1, -0.05) is 19.9 Å². The molecule has 52 heavy (non-hydrogen) atoms. The second kappa shape index (κ2) is 21.3. The molecule has 2 heterocycles. The smallest absolute Gasteiger partial charge is 0.748 e. The Morgan fingerprint density at radius 3 is 2.06 bits per heavy atom. The van der Waals surface area contributed by atoms with Crippen LogP contribution in [0.15, 0.2) is 70.1 Å². The Balaban J connectivity index is 0.00000451. The molecule has 0 radical (unpaired) electrons. The maximum Gasteiger partial charge on any atom is 1.00 e. The average Bonchev–Trinajstić information content (AvgIpc) is 3.33. The Kier molecular flexibility index (Phi) is 21.2. The van der Waals surface area contributed by atoms with Gasteiger partial charge >= 0.3 is 132 Å². The first-order valence-electron chi connectivity index (χ1n) is 15.4. The van der Waals surface area contributed by atoms with E-state index in [-0.39, 0.29) is 156 Å². The van der Waals surface area contributed by atoms with Gasteiger partial charge in [-0.15, -0.1) is 0 Å². The number of quaternary nitrogens is 1. The Labute approximate surface area is 418 Å². The minimum atomic E-state index is -4.74. The molecule has 272 valence electrons. The minimum Gasteiger partial charge on any atom is -0.748 e. The molecule has 21 heteroatoms. The van der Waals surface area contributed by atoms with Crippen molar-refractivity contribution in [2.45, 2.75) is 80.0 Å². The summed E-state index contributed by atoms with van der Waals surface area (Å²) in [6.45, 7) is 8.73. The predicted octanol–water partition coefficient (Wildman–Crippen LogP) is -7.10. The normalized spacial score (nSPS) is 19.8. The van der Waals surface area contributed by atoms with Gasteiger partial charge in [-0.25, -0.2) is 25.3 Å². The maximum absolute atomic E-state index is 11.9. The third-order valence-electron chi connectivity index (χ3n) is 9.17. The standard InChI is InChI=1S/C31H42N2O12S4.2K.Na/c1-30(2)24-20-22(46-45-44-34)12-14-26(24)32(16-5-7-18-47(35,36)37)28(30)10-9-11-29-31(3,4)25-21-23(49(41,42)43)13-15-27(25)33(29)17-6-8-19-48(38,39)40;;;/h9-15,20-21,28,34H,5-8,16-19H2,1-4H3,(H,35,36,37)(H,38,39,40)(H,41,42,43);;;/q;3*+1/p-3. The van der Waals surface area contributed by atoms with Crippen molar-refractivity contribution < 1.29 is 191 Å². The van der Waals surface area contributed by atoms with Gasteiger partial charge in [-0.3, -0.25) is 9.94 Å². The second-order valence-electron chi connectivity index (χ2n) is 13.2. The van der Waals surface area contributed by atoms with Crippen LogP contribution in [0.1, 0.15) is 64.5 Å². The Hall–Kier alpha value is 1.91. The molecule has 2 aromatic rings. The number of anilines is 1. The zero-order valence-corrected chi connectivity index (χ0v) is 41.9. The molecular formula is C31H39K2N2NaO12S4. The van der Waals surface area contributed by atoms with Crippen molar-refractivity contribution in [3.8, 4) is 0 Å². The molecule has 4 rings (SSSR count). The molecule has 14 nitrogen and oxygen atoms in total. The largest absolute Gasteiger partial charge is 1.00 e. The summed E-state index contributed by atoms with van der Waals surface area (Å²) in [6, 6.07) is 9.55. The molecule has 2 aromatic carbocycles. The van der Waals surface area contributed by atoms with Crippen LogP contribution in [0.5, 0.6) is 0 Å². The van der Waals surface area contributed by atoms with Crippen LogP contribution in [-0.2, 0) is 50.6 Å². The summed E-state index contributed by atoms with van der Waals surface area (Å²) >= 11 is 0.768. The van der Waals surface area contributed by atoms with Crippen LogP contribution in [-0.4, -0.2) is 69.5 Å². The number of hydrogen-bond acceptors (Lipinski definition) is 14. The number of allylic oxidation sites excluding steroid dienone is 3. The van der Waals surface area contributed by atoms with Crippen LogP contribution in [0, 0.1) is 0 Å². The van der Waals surface area contributed by atoms with E-state index in [0.717, 1.165) is 33.9 Å². The number of nitrogens with zero attached hydrogens (tertiary/aromatic N) is 1. The van der Waals surface area contributed by atoms with Gasteiger partial charge in [-0.2, -0.15) is 4.33 Å². The van der Waals surface area contributed by atoms with E-state index in [0.29, 0.717) is 42.1 Å². The number of nitrogens with one attached hydrogen (secondary N) is 1. The first kappa shape index (κ1) is 51.9. The number of benzene rings is 2. The number of fused-ring (bicyclic) bond motifs is 2. The topological polar surface area (TPSA) is 221 Å². The first-order chi connectivity index (χ1) is 22.7. The van der Waals surface area contributed by atoms with E-state index in [1.54, 1.807) is 12.1 Å². The molecule has 2 unspecified atom stereocenters. The van der Waals surface area contributed by atoms with E-state index in [2.05, 4.69) is 23.2 Å². The Morgan fingerprint density at radius 2 is 1.48 bits per heavy atom. The van der Waals surface area contributed by atoms with Crippen LogP contribution in [0.3, 0.4) is 0 Å². The van der Waals surface area contributed by atoms with Crippen molar-refractivity contribution in [2.24, 2.45) is 0 Å². The van der Waals surface area contributed by atoms with E-state index < -0.39 is 52.7 Å². The molecule has 0 amide bonds. The third-order valence-corrected chi connectivity index (χ3v) is 12.1. The van der Waals surface area contributed by atoms with Crippen LogP contribution in [0.25, 0.3) is 0 Å². The van der Waals surface area contributed by atoms with Crippen LogP contribution >= 0.6 is 12.0 Å².